The fourth-order valence-electron chi connectivity index (χ4n) is 3.28. The monoisotopic (exact) mass is 291 g/mol. The number of hydrogen-bond acceptors (Lipinski definition) is 4. The summed E-state index contributed by atoms with van der Waals surface area (Å²) in [5.74, 6) is -0.363. The average Bonchev–Trinajstić information content (AvgIpc) is 2.53. The van der Waals surface area contributed by atoms with Gasteiger partial charge in [-0.3, -0.25) is 0 Å². The molecule has 0 unspecified atom stereocenters. The molecule has 0 saturated heterocycles. The maximum atomic E-state index is 11.8. The molecule has 0 atom stereocenters. The van der Waals surface area contributed by atoms with Gasteiger partial charge in [0.15, 0.2) is 5.82 Å². The van der Waals surface area contributed by atoms with Crippen LogP contribution in [0, 0.1) is 0 Å². The molecule has 0 spiro atoms. The number of aromatic nitrogens is 2. The van der Waals surface area contributed by atoms with Crippen molar-refractivity contribution in [3.63, 3.8) is 0 Å². The van der Waals surface area contributed by atoms with Crippen LogP contribution in [0.1, 0.15) is 67.6 Å². The van der Waals surface area contributed by atoms with Gasteiger partial charge in [0.05, 0.1) is 5.69 Å². The van der Waals surface area contributed by atoms with Gasteiger partial charge in [0.2, 0.25) is 0 Å². The molecule has 1 heterocycles. The number of nitrogens with zero attached hydrogens (tertiary/aromatic N) is 3. The smallest absolute Gasteiger partial charge is 0.339 e. The summed E-state index contributed by atoms with van der Waals surface area (Å²) in [5, 5.41) is 18.2. The van der Waals surface area contributed by atoms with Crippen LogP contribution < -0.4 is 4.90 Å². The van der Waals surface area contributed by atoms with Crippen molar-refractivity contribution < 1.29 is 9.90 Å². The predicted octanol–water partition coefficient (Wildman–Crippen LogP) is 3.07. The minimum Gasteiger partial charge on any atom is -0.478 e. The van der Waals surface area contributed by atoms with Crippen LogP contribution in [0.2, 0.25) is 0 Å². The highest BCUT2D eigenvalue weighted by molar-refractivity contribution is 5.95. The van der Waals surface area contributed by atoms with Crippen LogP contribution in [0.15, 0.2) is 0 Å². The number of aromatic carboxylic acids is 1. The zero-order valence-corrected chi connectivity index (χ0v) is 13.2. The van der Waals surface area contributed by atoms with Crippen molar-refractivity contribution in [3.05, 3.63) is 16.8 Å². The molecule has 21 heavy (non-hydrogen) atoms. The first-order valence-corrected chi connectivity index (χ1v) is 7.94. The van der Waals surface area contributed by atoms with Crippen molar-refractivity contribution in [3.8, 4) is 0 Å². The van der Waals surface area contributed by atoms with E-state index in [1.54, 1.807) is 0 Å². The van der Waals surface area contributed by atoms with Crippen LogP contribution in [0.25, 0.3) is 0 Å². The van der Waals surface area contributed by atoms with Gasteiger partial charge in [-0.25, -0.2) is 4.79 Å². The number of carboxylic acids is 1. The Balaban J connectivity index is 2.44. The third kappa shape index (κ3) is 3.17. The Kier molecular flexibility index (Phi) is 5.15. The van der Waals surface area contributed by atoms with E-state index in [-0.39, 0.29) is 0 Å². The first-order valence-electron chi connectivity index (χ1n) is 7.94. The molecular formula is C16H25N3O2. The fraction of sp³-hybridized carbons (Fsp3) is 0.688. The van der Waals surface area contributed by atoms with Gasteiger partial charge in [0, 0.05) is 13.1 Å². The molecule has 0 amide bonds. The number of hydrogen-bond donors (Lipinski definition) is 1. The second-order valence-electron chi connectivity index (χ2n) is 5.74. The lowest BCUT2D eigenvalue weighted by atomic mass is 9.94. The largest absolute Gasteiger partial charge is 0.478 e. The maximum absolute atomic E-state index is 11.8. The lowest BCUT2D eigenvalue weighted by Crippen LogP contribution is -2.35. The zero-order valence-electron chi connectivity index (χ0n) is 13.2. The number of rotatable bonds is 5. The summed E-state index contributed by atoms with van der Waals surface area (Å²) in [6.07, 6.45) is 7.28. The number of carboxylic acid groups (broad SMARTS) is 1. The molecule has 1 fully saturated rings. The molecule has 1 aliphatic carbocycles. The topological polar surface area (TPSA) is 66.3 Å². The standard InChI is InChI=1S/C16H25N3O2/c1-4-12-13(5-2)17-18-15(14(12)16(20)21)19(3)11-9-7-6-8-10-11/h11H,4-10H2,1-3H3,(H,20,21). The van der Waals surface area contributed by atoms with Gasteiger partial charge in [-0.15, -0.1) is 5.10 Å². The van der Waals surface area contributed by atoms with Gasteiger partial charge < -0.3 is 10.0 Å². The van der Waals surface area contributed by atoms with Crippen molar-refractivity contribution in [2.45, 2.75) is 64.8 Å². The van der Waals surface area contributed by atoms with E-state index in [4.69, 9.17) is 0 Å². The summed E-state index contributed by atoms with van der Waals surface area (Å²) in [5.41, 5.74) is 1.98. The molecule has 0 aliphatic heterocycles. The van der Waals surface area contributed by atoms with E-state index >= 15 is 0 Å². The highest BCUT2D eigenvalue weighted by Crippen LogP contribution is 2.29. The van der Waals surface area contributed by atoms with E-state index in [1.807, 2.05) is 25.8 Å². The minimum absolute atomic E-state index is 0.345. The van der Waals surface area contributed by atoms with Gasteiger partial charge in [-0.05, 0) is 31.2 Å². The van der Waals surface area contributed by atoms with Crippen LogP contribution in [0.5, 0.6) is 0 Å². The molecule has 1 aliphatic rings. The fourth-order valence-corrected chi connectivity index (χ4v) is 3.28. The van der Waals surface area contributed by atoms with Crippen LogP contribution in [-0.2, 0) is 12.8 Å². The average molecular weight is 291 g/mol. The van der Waals surface area contributed by atoms with Gasteiger partial charge >= 0.3 is 5.97 Å². The first kappa shape index (κ1) is 15.7. The van der Waals surface area contributed by atoms with E-state index in [9.17, 15) is 9.90 Å². The maximum Gasteiger partial charge on any atom is 0.339 e. The van der Waals surface area contributed by atoms with E-state index in [1.165, 1.54) is 19.3 Å². The molecule has 1 saturated carbocycles. The Morgan fingerprint density at radius 2 is 1.86 bits per heavy atom. The summed E-state index contributed by atoms with van der Waals surface area (Å²) in [7, 11) is 1.96. The van der Waals surface area contributed by atoms with Crippen LogP contribution in [-0.4, -0.2) is 34.4 Å². The van der Waals surface area contributed by atoms with Gasteiger partial charge in [0.1, 0.15) is 5.56 Å². The van der Waals surface area contributed by atoms with E-state index in [2.05, 4.69) is 10.2 Å². The molecular weight excluding hydrogens is 266 g/mol. The van der Waals surface area contributed by atoms with Gasteiger partial charge in [-0.2, -0.15) is 5.10 Å². The summed E-state index contributed by atoms with van der Waals surface area (Å²) in [6, 6.07) is 0.378. The van der Waals surface area contributed by atoms with Crippen LogP contribution in [0.4, 0.5) is 5.82 Å². The Morgan fingerprint density at radius 1 is 1.19 bits per heavy atom. The number of aryl methyl sites for hydroxylation is 1. The highest BCUT2D eigenvalue weighted by atomic mass is 16.4. The quantitative estimate of drug-likeness (QED) is 0.903. The van der Waals surface area contributed by atoms with Gasteiger partial charge in [0.25, 0.3) is 0 Å². The van der Waals surface area contributed by atoms with E-state index in [0.717, 1.165) is 24.1 Å². The molecule has 5 nitrogen and oxygen atoms in total. The Hall–Kier alpha value is -1.65. The molecule has 0 bridgehead atoms. The third-order valence-electron chi connectivity index (χ3n) is 4.50. The molecule has 116 valence electrons. The van der Waals surface area contributed by atoms with Crippen molar-refractivity contribution in [1.29, 1.82) is 0 Å². The zero-order chi connectivity index (χ0) is 15.4. The van der Waals surface area contributed by atoms with Gasteiger partial charge in [-0.1, -0.05) is 33.1 Å². The Bertz CT molecular complexity index is 510. The van der Waals surface area contributed by atoms with E-state index < -0.39 is 5.97 Å². The highest BCUT2D eigenvalue weighted by Gasteiger charge is 2.27. The molecule has 1 aromatic rings. The van der Waals surface area contributed by atoms with Crippen LogP contribution >= 0.6 is 0 Å². The van der Waals surface area contributed by atoms with Crippen molar-refractivity contribution >= 4 is 11.8 Å². The third-order valence-corrected chi connectivity index (χ3v) is 4.50. The number of anilines is 1. The Labute approximate surface area is 126 Å². The van der Waals surface area contributed by atoms with E-state index in [0.29, 0.717) is 30.3 Å². The summed E-state index contributed by atoms with van der Waals surface area (Å²) >= 11 is 0. The van der Waals surface area contributed by atoms with Crippen molar-refractivity contribution in [2.24, 2.45) is 0 Å². The molecule has 0 radical (unpaired) electrons. The summed E-state index contributed by atoms with van der Waals surface area (Å²) in [6.45, 7) is 3.96. The summed E-state index contributed by atoms with van der Waals surface area (Å²) in [4.78, 5) is 13.8. The molecule has 1 aromatic heterocycles. The molecule has 5 heteroatoms. The lowest BCUT2D eigenvalue weighted by Gasteiger charge is -2.33. The normalized spacial score (nSPS) is 16.0. The van der Waals surface area contributed by atoms with Crippen LogP contribution in [0.3, 0.4) is 0 Å². The predicted molar refractivity (Wildman–Crippen MR) is 83.0 cm³/mol. The molecule has 0 aromatic carbocycles. The second-order valence-corrected chi connectivity index (χ2v) is 5.74. The SMILES string of the molecule is CCc1nnc(N(C)C2CCCCC2)c(C(=O)O)c1CC. The molecule has 2 rings (SSSR count). The first-order chi connectivity index (χ1) is 10.1. The number of carbonyl (C=O) groups is 1. The van der Waals surface area contributed by atoms with Crippen molar-refractivity contribution in [2.75, 3.05) is 11.9 Å². The molecule has 1 N–H and O–H groups in total. The Morgan fingerprint density at radius 3 is 2.38 bits per heavy atom. The summed E-state index contributed by atoms with van der Waals surface area (Å²) < 4.78 is 0. The minimum atomic E-state index is -0.894. The second kappa shape index (κ2) is 6.87. The lowest BCUT2D eigenvalue weighted by molar-refractivity contribution is 0.0695. The van der Waals surface area contributed by atoms with Crippen molar-refractivity contribution in [1.82, 2.24) is 10.2 Å².